The number of rotatable bonds is 5. The van der Waals surface area contributed by atoms with E-state index < -0.39 is 33.8 Å². The van der Waals surface area contributed by atoms with Crippen molar-refractivity contribution in [2.24, 2.45) is 0 Å². The molecule has 110 valence electrons. The van der Waals surface area contributed by atoms with Crippen molar-refractivity contribution in [3.63, 3.8) is 0 Å². The maximum atomic E-state index is 13.8. The highest BCUT2D eigenvalue weighted by atomic mass is 32.1. The van der Waals surface area contributed by atoms with Gasteiger partial charge in [0.1, 0.15) is 11.4 Å². The molecule has 0 amide bonds. The maximum absolute atomic E-state index is 13.8. The number of thiophene rings is 1. The molecule has 0 aliphatic heterocycles. The monoisotopic (exact) mass is 313 g/mol. The van der Waals surface area contributed by atoms with E-state index >= 15 is 0 Å². The van der Waals surface area contributed by atoms with Gasteiger partial charge in [-0.2, -0.15) is 4.39 Å². The molecule has 21 heavy (non-hydrogen) atoms. The van der Waals surface area contributed by atoms with Crippen molar-refractivity contribution in [2.45, 2.75) is 6.42 Å². The van der Waals surface area contributed by atoms with Gasteiger partial charge in [-0.1, -0.05) is 6.07 Å². The van der Waals surface area contributed by atoms with Crippen LogP contribution in [0.2, 0.25) is 0 Å². The van der Waals surface area contributed by atoms with Crippen molar-refractivity contribution in [3.8, 4) is 0 Å². The molecule has 0 aliphatic rings. The highest BCUT2D eigenvalue weighted by Gasteiger charge is 2.27. The second-order valence-electron chi connectivity index (χ2n) is 3.98. The first kappa shape index (κ1) is 15.0. The highest BCUT2D eigenvalue weighted by Crippen LogP contribution is 2.23. The quantitative estimate of drug-likeness (QED) is 0.482. The van der Waals surface area contributed by atoms with Crippen LogP contribution in [-0.4, -0.2) is 17.5 Å². The van der Waals surface area contributed by atoms with Gasteiger partial charge < -0.3 is 4.74 Å². The van der Waals surface area contributed by atoms with E-state index in [0.29, 0.717) is 18.6 Å². The Balaban J connectivity index is 2.11. The first-order valence-electron chi connectivity index (χ1n) is 5.82. The van der Waals surface area contributed by atoms with E-state index in [1.54, 1.807) is 0 Å². The Labute approximate surface area is 121 Å². The SMILES string of the molecule is O=C(OCCc1cccs1)c1c(F)ccc([N+](=O)[O-])c1F. The zero-order valence-corrected chi connectivity index (χ0v) is 11.4. The van der Waals surface area contributed by atoms with E-state index in [-0.39, 0.29) is 6.61 Å². The van der Waals surface area contributed by atoms with Gasteiger partial charge in [0.15, 0.2) is 0 Å². The molecule has 0 radical (unpaired) electrons. The second kappa shape index (κ2) is 6.40. The number of nitrogens with zero attached hydrogens (tertiary/aromatic N) is 1. The Morgan fingerprint density at radius 2 is 2.10 bits per heavy atom. The fourth-order valence-corrected chi connectivity index (χ4v) is 2.33. The first-order chi connectivity index (χ1) is 10.0. The molecule has 5 nitrogen and oxygen atoms in total. The maximum Gasteiger partial charge on any atom is 0.344 e. The van der Waals surface area contributed by atoms with E-state index in [4.69, 9.17) is 4.74 Å². The number of carbonyl (C=O) groups excluding carboxylic acids is 1. The standard InChI is InChI=1S/C13H9F2NO4S/c14-9-3-4-10(16(18)19)12(15)11(9)13(17)20-6-5-8-2-1-7-21-8/h1-4,7H,5-6H2. The predicted molar refractivity (Wildman–Crippen MR) is 71.3 cm³/mol. The fourth-order valence-electron chi connectivity index (χ4n) is 1.64. The van der Waals surface area contributed by atoms with E-state index in [1.165, 1.54) is 11.3 Å². The zero-order chi connectivity index (χ0) is 15.4. The van der Waals surface area contributed by atoms with E-state index in [2.05, 4.69) is 0 Å². The average Bonchev–Trinajstić information content (AvgIpc) is 2.91. The van der Waals surface area contributed by atoms with Gasteiger partial charge in [0.25, 0.3) is 0 Å². The molecule has 8 heteroatoms. The molecule has 1 aromatic carbocycles. The van der Waals surface area contributed by atoms with Crippen molar-refractivity contribution in [1.29, 1.82) is 0 Å². The lowest BCUT2D eigenvalue weighted by Crippen LogP contribution is -2.13. The van der Waals surface area contributed by atoms with Gasteiger partial charge >= 0.3 is 11.7 Å². The summed E-state index contributed by atoms with van der Waals surface area (Å²) < 4.78 is 32.0. The summed E-state index contributed by atoms with van der Waals surface area (Å²) in [6.45, 7) is -0.0685. The smallest absolute Gasteiger partial charge is 0.344 e. The van der Waals surface area contributed by atoms with Crippen LogP contribution in [0, 0.1) is 21.7 Å². The minimum absolute atomic E-state index is 0.0685. The van der Waals surface area contributed by atoms with Crippen molar-refractivity contribution in [1.82, 2.24) is 0 Å². The minimum Gasteiger partial charge on any atom is -0.462 e. The molecule has 0 spiro atoms. The molecule has 0 saturated heterocycles. The third-order valence-electron chi connectivity index (χ3n) is 2.63. The largest absolute Gasteiger partial charge is 0.462 e. The van der Waals surface area contributed by atoms with Crippen LogP contribution in [0.4, 0.5) is 14.5 Å². The van der Waals surface area contributed by atoms with Gasteiger partial charge in [0.05, 0.1) is 11.5 Å². The second-order valence-corrected chi connectivity index (χ2v) is 5.01. The lowest BCUT2D eigenvalue weighted by atomic mass is 10.1. The Morgan fingerprint density at radius 1 is 1.33 bits per heavy atom. The molecule has 0 atom stereocenters. The van der Waals surface area contributed by atoms with Gasteiger partial charge in [0.2, 0.25) is 5.82 Å². The molecule has 0 bridgehead atoms. The summed E-state index contributed by atoms with van der Waals surface area (Å²) in [5, 5.41) is 12.4. The van der Waals surface area contributed by atoms with Crippen LogP contribution in [0.3, 0.4) is 0 Å². The van der Waals surface area contributed by atoms with Crippen molar-refractivity contribution >= 4 is 23.0 Å². The van der Waals surface area contributed by atoms with Crippen LogP contribution < -0.4 is 0 Å². The van der Waals surface area contributed by atoms with Crippen LogP contribution >= 0.6 is 11.3 Å². The summed E-state index contributed by atoms with van der Waals surface area (Å²) in [5.74, 6) is -3.98. The van der Waals surface area contributed by atoms with Crippen LogP contribution in [0.15, 0.2) is 29.6 Å². The zero-order valence-electron chi connectivity index (χ0n) is 10.5. The Bertz CT molecular complexity index is 673. The van der Waals surface area contributed by atoms with Crippen molar-refractivity contribution in [2.75, 3.05) is 6.61 Å². The number of ether oxygens (including phenoxy) is 1. The van der Waals surface area contributed by atoms with Gasteiger partial charge in [-0.05, 0) is 17.5 Å². The molecule has 0 N–H and O–H groups in total. The summed E-state index contributed by atoms with van der Waals surface area (Å²) in [4.78, 5) is 22.2. The summed E-state index contributed by atoms with van der Waals surface area (Å²) in [7, 11) is 0. The van der Waals surface area contributed by atoms with Crippen LogP contribution in [0.1, 0.15) is 15.2 Å². The third-order valence-corrected chi connectivity index (χ3v) is 3.57. The molecule has 0 aliphatic carbocycles. The van der Waals surface area contributed by atoms with Gasteiger partial charge in [-0.15, -0.1) is 11.3 Å². The molecule has 1 heterocycles. The summed E-state index contributed by atoms with van der Waals surface area (Å²) >= 11 is 1.45. The van der Waals surface area contributed by atoms with Crippen LogP contribution in [0.25, 0.3) is 0 Å². The van der Waals surface area contributed by atoms with E-state index in [1.807, 2.05) is 17.5 Å². The van der Waals surface area contributed by atoms with Gasteiger partial charge in [-0.3, -0.25) is 10.1 Å². The number of carbonyl (C=O) groups is 1. The Hall–Kier alpha value is -2.35. The number of hydrogen-bond acceptors (Lipinski definition) is 5. The number of esters is 1. The molecule has 0 saturated carbocycles. The summed E-state index contributed by atoms with van der Waals surface area (Å²) in [6, 6.07) is 4.97. The molecule has 0 unspecified atom stereocenters. The van der Waals surface area contributed by atoms with Gasteiger partial charge in [0, 0.05) is 17.4 Å². The van der Waals surface area contributed by atoms with Gasteiger partial charge in [-0.25, -0.2) is 9.18 Å². The topological polar surface area (TPSA) is 69.4 Å². The molecule has 0 fully saturated rings. The lowest BCUT2D eigenvalue weighted by molar-refractivity contribution is -0.387. The number of hydrogen-bond donors (Lipinski definition) is 0. The third kappa shape index (κ3) is 3.40. The highest BCUT2D eigenvalue weighted by molar-refractivity contribution is 7.09. The Morgan fingerprint density at radius 3 is 2.71 bits per heavy atom. The van der Waals surface area contributed by atoms with Crippen molar-refractivity contribution in [3.05, 3.63) is 61.8 Å². The molecule has 1 aromatic heterocycles. The van der Waals surface area contributed by atoms with E-state index in [0.717, 1.165) is 4.88 Å². The summed E-state index contributed by atoms with van der Waals surface area (Å²) in [6.07, 6.45) is 0.404. The van der Waals surface area contributed by atoms with E-state index in [9.17, 15) is 23.7 Å². The predicted octanol–water partition coefficient (Wildman–Crippen LogP) is 3.33. The van der Waals surface area contributed by atoms with Crippen LogP contribution in [0.5, 0.6) is 0 Å². The number of nitro groups is 1. The molecule has 2 rings (SSSR count). The van der Waals surface area contributed by atoms with Crippen molar-refractivity contribution < 1.29 is 23.2 Å². The van der Waals surface area contributed by atoms with Crippen LogP contribution in [-0.2, 0) is 11.2 Å². The summed E-state index contributed by atoms with van der Waals surface area (Å²) in [5.41, 5.74) is -2.02. The molecular weight excluding hydrogens is 304 g/mol. The molecular formula is C13H9F2NO4S. The number of benzene rings is 1. The number of halogens is 2. The normalized spacial score (nSPS) is 10.4. The first-order valence-corrected chi connectivity index (χ1v) is 6.70. The molecule has 2 aromatic rings. The Kier molecular flexibility index (Phi) is 4.59. The fraction of sp³-hybridized carbons (Fsp3) is 0.154. The lowest BCUT2D eigenvalue weighted by Gasteiger charge is -2.06. The minimum atomic E-state index is -1.53. The average molecular weight is 313 g/mol. The number of nitro benzene ring substituents is 1.